The molecule has 3 aromatic rings. The van der Waals surface area contributed by atoms with Gasteiger partial charge in [0.15, 0.2) is 5.11 Å². The molecule has 0 saturated heterocycles. The summed E-state index contributed by atoms with van der Waals surface area (Å²) in [4.78, 5) is 27.2. The van der Waals surface area contributed by atoms with Gasteiger partial charge in [-0.1, -0.05) is 30.3 Å². The summed E-state index contributed by atoms with van der Waals surface area (Å²) in [5, 5.41) is 6.81. The summed E-state index contributed by atoms with van der Waals surface area (Å²) in [6, 6.07) is 24.6. The van der Waals surface area contributed by atoms with E-state index in [0.717, 1.165) is 16.3 Å². The molecule has 0 saturated carbocycles. The van der Waals surface area contributed by atoms with Crippen molar-refractivity contribution in [2.24, 2.45) is 0 Å². The Labute approximate surface area is 184 Å². The van der Waals surface area contributed by atoms with E-state index in [1.54, 1.807) is 36.0 Å². The number of hydrogen-bond donors (Lipinski definition) is 2. The highest BCUT2D eigenvalue weighted by Gasteiger charge is 2.34. The van der Waals surface area contributed by atoms with Crippen LogP contribution in [0.3, 0.4) is 0 Å². The van der Waals surface area contributed by atoms with Gasteiger partial charge in [-0.25, -0.2) is 0 Å². The van der Waals surface area contributed by atoms with E-state index in [1.807, 2.05) is 54.6 Å². The molecule has 3 aromatic carbocycles. The lowest BCUT2D eigenvalue weighted by molar-refractivity contribution is 0.0664. The van der Waals surface area contributed by atoms with E-state index < -0.39 is 0 Å². The first-order valence-electron chi connectivity index (χ1n) is 9.43. The number of thiocarbonyl (C=S) groups is 1. The fourth-order valence-electron chi connectivity index (χ4n) is 3.15. The molecule has 30 heavy (non-hydrogen) atoms. The maximum Gasteiger partial charge on any atom is 0.261 e. The summed E-state index contributed by atoms with van der Waals surface area (Å²) >= 11 is 6.94. The summed E-state index contributed by atoms with van der Waals surface area (Å²) < 4.78 is 0. The Hall–Kier alpha value is -3.16. The summed E-state index contributed by atoms with van der Waals surface area (Å²) in [7, 11) is 0. The van der Waals surface area contributed by atoms with Crippen LogP contribution in [0.4, 0.5) is 11.4 Å². The smallest absolute Gasteiger partial charge is 0.261 e. The maximum absolute atomic E-state index is 12.4. The quantitative estimate of drug-likeness (QED) is 0.328. The molecule has 5 nitrogen and oxygen atoms in total. The largest absolute Gasteiger partial charge is 0.332 e. The number of thioether (sulfide) groups is 1. The molecular formula is C23H19N3O2S2. The number of nitrogens with zero attached hydrogens (tertiary/aromatic N) is 1. The molecule has 0 unspecified atom stereocenters. The minimum Gasteiger partial charge on any atom is -0.332 e. The zero-order valence-electron chi connectivity index (χ0n) is 16.0. The fraction of sp³-hybridized carbons (Fsp3) is 0.0870. The molecule has 2 amide bonds. The van der Waals surface area contributed by atoms with Gasteiger partial charge in [0.1, 0.15) is 0 Å². The molecule has 1 aliphatic heterocycles. The normalized spacial score (nSPS) is 12.6. The van der Waals surface area contributed by atoms with Gasteiger partial charge in [-0.05, 0) is 60.7 Å². The van der Waals surface area contributed by atoms with Crippen LogP contribution in [-0.4, -0.2) is 34.1 Å². The molecule has 0 aliphatic carbocycles. The summed E-state index contributed by atoms with van der Waals surface area (Å²) in [5.41, 5.74) is 2.79. The maximum atomic E-state index is 12.4. The minimum atomic E-state index is -0.213. The van der Waals surface area contributed by atoms with Crippen molar-refractivity contribution in [2.75, 3.05) is 22.9 Å². The molecule has 0 radical (unpaired) electrons. The van der Waals surface area contributed by atoms with Crippen LogP contribution in [0, 0.1) is 0 Å². The Bertz CT molecular complexity index is 1050. The molecule has 0 aromatic heterocycles. The Balaban J connectivity index is 1.27. The zero-order chi connectivity index (χ0) is 20.9. The average Bonchev–Trinajstić information content (AvgIpc) is 3.01. The number of carbonyl (C=O) groups excluding carboxylic acids is 2. The number of amides is 2. The Morgan fingerprint density at radius 1 is 0.767 bits per heavy atom. The summed E-state index contributed by atoms with van der Waals surface area (Å²) in [5.74, 6) is 0.206. The number of benzene rings is 3. The number of fused-ring (bicyclic) bond motifs is 1. The van der Waals surface area contributed by atoms with Crippen molar-refractivity contribution < 1.29 is 9.59 Å². The predicted molar refractivity (Wildman–Crippen MR) is 125 cm³/mol. The number of carbonyl (C=O) groups is 2. The Kier molecular flexibility index (Phi) is 6.11. The van der Waals surface area contributed by atoms with E-state index >= 15 is 0 Å². The highest BCUT2D eigenvalue weighted by Crippen LogP contribution is 2.25. The predicted octanol–water partition coefficient (Wildman–Crippen LogP) is 4.88. The third-order valence-corrected chi connectivity index (χ3v) is 5.80. The first kappa shape index (κ1) is 20.1. The van der Waals surface area contributed by atoms with Crippen molar-refractivity contribution in [3.05, 3.63) is 90.0 Å². The van der Waals surface area contributed by atoms with Crippen molar-refractivity contribution >= 4 is 52.3 Å². The molecule has 150 valence electrons. The topological polar surface area (TPSA) is 61.4 Å². The van der Waals surface area contributed by atoms with Crippen molar-refractivity contribution in [2.45, 2.75) is 4.90 Å². The van der Waals surface area contributed by atoms with Gasteiger partial charge >= 0.3 is 0 Å². The second-order valence-corrected chi connectivity index (χ2v) is 8.20. The number of para-hydroxylation sites is 1. The standard InChI is InChI=1S/C23H19N3O2S2/c27-21-19-8-4-5-9-20(19)22(28)26(21)14-15-30-18-12-10-17(11-13-18)25-23(29)24-16-6-2-1-3-7-16/h1-13H,14-15H2,(H2,24,25,29). The van der Waals surface area contributed by atoms with E-state index in [1.165, 1.54) is 4.90 Å². The molecule has 7 heteroatoms. The van der Waals surface area contributed by atoms with Gasteiger partial charge in [-0.2, -0.15) is 0 Å². The van der Waals surface area contributed by atoms with Crippen molar-refractivity contribution in [3.8, 4) is 0 Å². The van der Waals surface area contributed by atoms with E-state index in [9.17, 15) is 9.59 Å². The van der Waals surface area contributed by atoms with Gasteiger partial charge < -0.3 is 10.6 Å². The molecule has 0 atom stereocenters. The van der Waals surface area contributed by atoms with Crippen molar-refractivity contribution in [1.29, 1.82) is 0 Å². The second kappa shape index (κ2) is 9.11. The Morgan fingerprint density at radius 2 is 1.30 bits per heavy atom. The monoisotopic (exact) mass is 433 g/mol. The van der Waals surface area contributed by atoms with Crippen molar-refractivity contribution in [1.82, 2.24) is 4.90 Å². The second-order valence-electron chi connectivity index (χ2n) is 6.63. The lowest BCUT2D eigenvalue weighted by atomic mass is 10.1. The minimum absolute atomic E-state index is 0.213. The number of nitrogens with one attached hydrogen (secondary N) is 2. The van der Waals surface area contributed by atoms with Crippen LogP contribution in [0.15, 0.2) is 83.8 Å². The van der Waals surface area contributed by atoms with E-state index in [0.29, 0.717) is 28.5 Å². The Morgan fingerprint density at radius 3 is 1.90 bits per heavy atom. The number of imide groups is 1. The third kappa shape index (κ3) is 4.53. The number of anilines is 2. The van der Waals surface area contributed by atoms with Crippen LogP contribution in [0.1, 0.15) is 20.7 Å². The summed E-state index contributed by atoms with van der Waals surface area (Å²) in [6.45, 7) is 0.377. The van der Waals surface area contributed by atoms with Gasteiger partial charge in [0.2, 0.25) is 0 Å². The molecule has 2 N–H and O–H groups in total. The van der Waals surface area contributed by atoms with Crippen LogP contribution in [-0.2, 0) is 0 Å². The molecule has 1 aliphatic rings. The molecule has 0 fully saturated rings. The van der Waals surface area contributed by atoms with Crippen LogP contribution in [0.2, 0.25) is 0 Å². The lowest BCUT2D eigenvalue weighted by Gasteiger charge is -2.13. The van der Waals surface area contributed by atoms with Crippen LogP contribution in [0.5, 0.6) is 0 Å². The van der Waals surface area contributed by atoms with Crippen LogP contribution < -0.4 is 10.6 Å². The molecular weight excluding hydrogens is 414 g/mol. The van der Waals surface area contributed by atoms with Gasteiger partial charge in [0, 0.05) is 28.6 Å². The molecule has 1 heterocycles. The van der Waals surface area contributed by atoms with E-state index in [2.05, 4.69) is 10.6 Å². The zero-order valence-corrected chi connectivity index (χ0v) is 17.6. The van der Waals surface area contributed by atoms with Crippen LogP contribution in [0.25, 0.3) is 0 Å². The van der Waals surface area contributed by atoms with Crippen LogP contribution >= 0.6 is 24.0 Å². The van der Waals surface area contributed by atoms with Crippen molar-refractivity contribution in [3.63, 3.8) is 0 Å². The van der Waals surface area contributed by atoms with Gasteiger partial charge in [0.05, 0.1) is 11.1 Å². The van der Waals surface area contributed by atoms with Gasteiger partial charge in [-0.15, -0.1) is 11.8 Å². The lowest BCUT2D eigenvalue weighted by Crippen LogP contribution is -2.31. The molecule has 0 bridgehead atoms. The fourth-order valence-corrected chi connectivity index (χ4v) is 4.22. The third-order valence-electron chi connectivity index (χ3n) is 4.61. The first-order valence-corrected chi connectivity index (χ1v) is 10.8. The van der Waals surface area contributed by atoms with E-state index in [-0.39, 0.29) is 11.8 Å². The highest BCUT2D eigenvalue weighted by molar-refractivity contribution is 7.99. The summed E-state index contributed by atoms with van der Waals surface area (Å²) in [6.07, 6.45) is 0. The molecule has 0 spiro atoms. The number of hydrogen-bond acceptors (Lipinski definition) is 4. The number of rotatable bonds is 6. The van der Waals surface area contributed by atoms with Gasteiger partial charge in [-0.3, -0.25) is 14.5 Å². The average molecular weight is 434 g/mol. The SMILES string of the molecule is O=C1c2ccccc2C(=O)N1CCSc1ccc(NC(=S)Nc2ccccc2)cc1. The highest BCUT2D eigenvalue weighted by atomic mass is 32.2. The van der Waals surface area contributed by atoms with Gasteiger partial charge in [0.25, 0.3) is 11.8 Å². The first-order chi connectivity index (χ1) is 14.6. The van der Waals surface area contributed by atoms with E-state index in [4.69, 9.17) is 12.2 Å². The molecule has 4 rings (SSSR count).